The van der Waals surface area contributed by atoms with Crippen molar-refractivity contribution < 1.29 is 14.3 Å². The van der Waals surface area contributed by atoms with Crippen molar-refractivity contribution >= 4 is 12.0 Å². The molecule has 0 bridgehead atoms. The smallest absolute Gasteiger partial charge is 0.244 e. The molecule has 4 rings (SSSR count). The van der Waals surface area contributed by atoms with E-state index >= 15 is 0 Å². The first-order chi connectivity index (χ1) is 13.7. The van der Waals surface area contributed by atoms with Gasteiger partial charge in [-0.05, 0) is 59.7 Å². The normalized spacial score (nSPS) is 12.6. The predicted octanol–water partition coefficient (Wildman–Crippen LogP) is 3.15. The molecule has 0 spiro atoms. The third-order valence-electron chi connectivity index (χ3n) is 4.57. The highest BCUT2D eigenvalue weighted by molar-refractivity contribution is 5.91. The Morgan fingerprint density at radius 3 is 2.93 bits per heavy atom. The number of methoxy groups -OCH3 is 1. The van der Waals surface area contributed by atoms with E-state index in [-0.39, 0.29) is 5.91 Å². The summed E-state index contributed by atoms with van der Waals surface area (Å²) in [6.45, 7) is 1.09. The molecular formula is C22H21N3O3. The zero-order valence-corrected chi connectivity index (χ0v) is 15.6. The number of hydrogen-bond acceptors (Lipinski definition) is 4. The fraction of sp³-hybridized carbons (Fsp3) is 0.182. The van der Waals surface area contributed by atoms with Crippen molar-refractivity contribution in [3.8, 4) is 17.2 Å². The van der Waals surface area contributed by atoms with Crippen molar-refractivity contribution in [2.75, 3.05) is 13.7 Å². The van der Waals surface area contributed by atoms with Crippen LogP contribution in [0.4, 0.5) is 0 Å². The third-order valence-corrected chi connectivity index (χ3v) is 4.57. The van der Waals surface area contributed by atoms with Crippen molar-refractivity contribution in [1.29, 1.82) is 0 Å². The summed E-state index contributed by atoms with van der Waals surface area (Å²) >= 11 is 0. The van der Waals surface area contributed by atoms with Gasteiger partial charge in [0.25, 0.3) is 0 Å². The van der Waals surface area contributed by atoms with Crippen LogP contribution in [0.5, 0.6) is 11.5 Å². The number of amides is 1. The van der Waals surface area contributed by atoms with Gasteiger partial charge in [-0.3, -0.25) is 4.79 Å². The number of carbonyl (C=O) groups is 1. The van der Waals surface area contributed by atoms with Gasteiger partial charge < -0.3 is 14.8 Å². The van der Waals surface area contributed by atoms with E-state index in [9.17, 15) is 4.79 Å². The van der Waals surface area contributed by atoms with E-state index in [1.165, 1.54) is 11.6 Å². The van der Waals surface area contributed by atoms with Crippen molar-refractivity contribution in [1.82, 2.24) is 15.1 Å². The molecule has 1 N–H and O–H groups in total. The maximum absolute atomic E-state index is 12.1. The second kappa shape index (κ2) is 8.00. The second-order valence-corrected chi connectivity index (χ2v) is 6.47. The Labute approximate surface area is 163 Å². The van der Waals surface area contributed by atoms with Crippen LogP contribution in [0.15, 0.2) is 60.8 Å². The molecule has 1 aliphatic rings. The molecule has 0 unspecified atom stereocenters. The molecule has 28 heavy (non-hydrogen) atoms. The van der Waals surface area contributed by atoms with Crippen LogP contribution >= 0.6 is 0 Å². The number of rotatable bonds is 6. The monoisotopic (exact) mass is 375 g/mol. The van der Waals surface area contributed by atoms with Crippen LogP contribution in [-0.4, -0.2) is 29.4 Å². The summed E-state index contributed by atoms with van der Waals surface area (Å²) in [4.78, 5) is 12.1. The molecule has 6 heteroatoms. The van der Waals surface area contributed by atoms with E-state index in [4.69, 9.17) is 9.47 Å². The van der Waals surface area contributed by atoms with Gasteiger partial charge in [-0.1, -0.05) is 6.07 Å². The zero-order chi connectivity index (χ0) is 19.3. The lowest BCUT2D eigenvalue weighted by atomic mass is 10.1. The van der Waals surface area contributed by atoms with E-state index in [2.05, 4.69) is 16.5 Å². The second-order valence-electron chi connectivity index (χ2n) is 6.47. The third kappa shape index (κ3) is 4.06. The molecule has 0 saturated heterocycles. The van der Waals surface area contributed by atoms with Gasteiger partial charge >= 0.3 is 0 Å². The van der Waals surface area contributed by atoms with Gasteiger partial charge in [0.05, 0.1) is 31.6 Å². The summed E-state index contributed by atoms with van der Waals surface area (Å²) in [5.41, 5.74) is 3.89. The van der Waals surface area contributed by atoms with Crippen LogP contribution in [0.3, 0.4) is 0 Å². The molecule has 142 valence electrons. The van der Waals surface area contributed by atoms with Gasteiger partial charge in [0, 0.05) is 18.7 Å². The maximum atomic E-state index is 12.1. The van der Waals surface area contributed by atoms with Gasteiger partial charge in [-0.25, -0.2) is 4.68 Å². The fourth-order valence-corrected chi connectivity index (χ4v) is 3.05. The van der Waals surface area contributed by atoms with E-state index in [1.807, 2.05) is 54.7 Å². The van der Waals surface area contributed by atoms with Gasteiger partial charge in [-0.15, -0.1) is 0 Å². The molecule has 0 radical (unpaired) electrons. The van der Waals surface area contributed by atoms with Gasteiger partial charge in [0.1, 0.15) is 11.5 Å². The number of carbonyl (C=O) groups excluding carboxylic acids is 1. The van der Waals surface area contributed by atoms with Gasteiger partial charge in [0.15, 0.2) is 0 Å². The van der Waals surface area contributed by atoms with Crippen molar-refractivity contribution in [2.24, 2.45) is 0 Å². The van der Waals surface area contributed by atoms with Crippen LogP contribution in [0.1, 0.15) is 16.8 Å². The number of hydrogen-bond donors (Lipinski definition) is 1. The van der Waals surface area contributed by atoms with Gasteiger partial charge in [0.2, 0.25) is 5.91 Å². The number of nitrogens with one attached hydrogen (secondary N) is 1. The van der Waals surface area contributed by atoms with Crippen LogP contribution in [0.2, 0.25) is 0 Å². The Hall–Kier alpha value is -3.54. The summed E-state index contributed by atoms with van der Waals surface area (Å²) in [6, 6.07) is 15.5. The molecule has 0 atom stereocenters. The lowest BCUT2D eigenvalue weighted by Crippen LogP contribution is -2.20. The topological polar surface area (TPSA) is 65.4 Å². The molecule has 2 heterocycles. The maximum Gasteiger partial charge on any atom is 0.244 e. The molecule has 0 saturated carbocycles. The van der Waals surface area contributed by atoms with Crippen LogP contribution in [-0.2, 0) is 17.8 Å². The molecular weight excluding hydrogens is 354 g/mol. The molecule has 0 aliphatic carbocycles. The highest BCUT2D eigenvalue weighted by Crippen LogP contribution is 2.26. The minimum absolute atomic E-state index is 0.157. The molecule has 1 amide bonds. The Morgan fingerprint density at radius 2 is 2.11 bits per heavy atom. The highest BCUT2D eigenvalue weighted by Gasteiger charge is 2.11. The number of benzene rings is 2. The number of ether oxygens (including phenoxy) is 2. The number of fused-ring (bicyclic) bond motifs is 1. The predicted molar refractivity (Wildman–Crippen MR) is 107 cm³/mol. The molecule has 1 aliphatic heterocycles. The Kier molecular flexibility index (Phi) is 5.10. The van der Waals surface area contributed by atoms with Gasteiger partial charge in [-0.2, -0.15) is 5.10 Å². The summed E-state index contributed by atoms with van der Waals surface area (Å²) in [7, 11) is 1.64. The SMILES string of the molecule is COc1ccc(-n2ccc(CNC(=O)/C=C/c3ccc4c(c3)CCO4)n2)cc1. The molecule has 3 aromatic rings. The lowest BCUT2D eigenvalue weighted by molar-refractivity contribution is -0.116. The van der Waals surface area contributed by atoms with E-state index in [0.717, 1.165) is 41.5 Å². The van der Waals surface area contributed by atoms with E-state index in [0.29, 0.717) is 6.54 Å². The molecule has 0 fully saturated rings. The first-order valence-corrected chi connectivity index (χ1v) is 9.12. The average Bonchev–Trinajstić information content (AvgIpc) is 3.39. The first-order valence-electron chi connectivity index (χ1n) is 9.12. The summed E-state index contributed by atoms with van der Waals surface area (Å²) < 4.78 is 12.4. The van der Waals surface area contributed by atoms with Crippen LogP contribution < -0.4 is 14.8 Å². The standard InChI is InChI=1S/C22H21N3O3/c1-27-20-6-4-19(5-7-20)25-12-10-18(24-25)15-23-22(26)9-3-16-2-8-21-17(14-16)11-13-28-21/h2-10,12,14H,11,13,15H2,1H3,(H,23,26)/b9-3+. The lowest BCUT2D eigenvalue weighted by Gasteiger charge is -2.03. The summed E-state index contributed by atoms with van der Waals surface area (Å²) in [5, 5.41) is 7.35. The van der Waals surface area contributed by atoms with E-state index in [1.54, 1.807) is 11.8 Å². The fourth-order valence-electron chi connectivity index (χ4n) is 3.05. The Bertz CT molecular complexity index is 1010. The molecule has 2 aromatic carbocycles. The van der Waals surface area contributed by atoms with Crippen molar-refractivity contribution in [2.45, 2.75) is 13.0 Å². The summed E-state index contributed by atoms with van der Waals surface area (Å²) in [6.07, 6.45) is 6.13. The number of aromatic nitrogens is 2. The quantitative estimate of drug-likeness (QED) is 0.672. The first kappa shape index (κ1) is 17.9. The van der Waals surface area contributed by atoms with Crippen LogP contribution in [0, 0.1) is 0 Å². The largest absolute Gasteiger partial charge is 0.497 e. The number of nitrogens with zero attached hydrogens (tertiary/aromatic N) is 2. The van der Waals surface area contributed by atoms with Crippen molar-refractivity contribution in [3.63, 3.8) is 0 Å². The molecule has 1 aromatic heterocycles. The van der Waals surface area contributed by atoms with Crippen molar-refractivity contribution in [3.05, 3.63) is 77.6 Å². The van der Waals surface area contributed by atoms with E-state index < -0.39 is 0 Å². The Morgan fingerprint density at radius 1 is 1.25 bits per heavy atom. The zero-order valence-electron chi connectivity index (χ0n) is 15.6. The molecule has 6 nitrogen and oxygen atoms in total. The Balaban J connectivity index is 1.33. The minimum Gasteiger partial charge on any atom is -0.497 e. The van der Waals surface area contributed by atoms with Crippen LogP contribution in [0.25, 0.3) is 11.8 Å². The highest BCUT2D eigenvalue weighted by atomic mass is 16.5. The summed E-state index contributed by atoms with van der Waals surface area (Å²) in [5.74, 6) is 1.58. The minimum atomic E-state index is -0.157. The average molecular weight is 375 g/mol.